The molecule has 8 nitrogen and oxygen atoms in total. The van der Waals surface area contributed by atoms with E-state index in [0.717, 1.165) is 108 Å². The molecule has 3 aromatic rings. The summed E-state index contributed by atoms with van der Waals surface area (Å²) in [6.45, 7) is 21.6. The van der Waals surface area contributed by atoms with Crippen molar-refractivity contribution < 1.29 is 71.4 Å². The number of halogens is 2. The van der Waals surface area contributed by atoms with Gasteiger partial charge >= 0.3 is 0 Å². The number of ether oxygens (including phenoxy) is 6. The Labute approximate surface area is 692 Å². The SMILES string of the molecule is CCCCCCCCCCCCOc1cc(C[N+](C)(C)Cc2cccc(C[N+](C)(C)Cc3cc(OCCCCCCCCCCCC)c(OCCCCCCCCCCCC)c(OCCCCCCCCCCCC)c3)c2)cc(OCCCCCCCCCCCC)c1OCCCCCCCCCCCC.[Br-].[Br-]. The van der Waals surface area contributed by atoms with Gasteiger partial charge in [0.1, 0.15) is 26.2 Å². The van der Waals surface area contributed by atoms with E-state index in [1.165, 1.54) is 369 Å². The van der Waals surface area contributed by atoms with Crippen LogP contribution in [-0.4, -0.2) is 76.8 Å². The van der Waals surface area contributed by atoms with E-state index in [0.29, 0.717) is 39.6 Å². The third kappa shape index (κ3) is 57.4. The maximum absolute atomic E-state index is 6.91. The van der Waals surface area contributed by atoms with Crippen molar-refractivity contribution in [1.82, 2.24) is 0 Å². The van der Waals surface area contributed by atoms with Gasteiger partial charge in [-0.05, 0) is 68.9 Å². The van der Waals surface area contributed by atoms with Gasteiger partial charge in [-0.2, -0.15) is 0 Å². The summed E-state index contributed by atoms with van der Waals surface area (Å²) in [4.78, 5) is 0. The van der Waals surface area contributed by atoms with Crippen LogP contribution in [0.1, 0.15) is 449 Å². The molecule has 0 aliphatic rings. The molecule has 0 radical (unpaired) electrons. The Morgan fingerprint density at radius 3 is 0.537 bits per heavy atom. The average Bonchev–Trinajstić information content (AvgIpc) is 0.819. The lowest BCUT2D eigenvalue weighted by molar-refractivity contribution is -0.917. The Bertz CT molecular complexity index is 2180. The van der Waals surface area contributed by atoms with Gasteiger partial charge in [-0.25, -0.2) is 0 Å². The average molecular weight is 1640 g/mol. The molecule has 3 aromatic carbocycles. The Hall–Kier alpha value is -2.66. The molecule has 3 rings (SSSR count). The highest BCUT2D eigenvalue weighted by Crippen LogP contribution is 2.42. The maximum atomic E-state index is 6.91. The van der Waals surface area contributed by atoms with Crippen LogP contribution in [0.4, 0.5) is 0 Å². The normalized spacial score (nSPS) is 11.6. The lowest BCUT2D eigenvalue weighted by Gasteiger charge is -2.32. The Morgan fingerprint density at radius 1 is 0.194 bits per heavy atom. The molecule has 0 spiro atoms. The first-order valence-corrected chi connectivity index (χ1v) is 46.8. The van der Waals surface area contributed by atoms with Crippen LogP contribution in [0.3, 0.4) is 0 Å². The zero-order chi connectivity index (χ0) is 76.2. The first kappa shape index (κ1) is 103. The van der Waals surface area contributed by atoms with E-state index in [1.54, 1.807) is 0 Å². The van der Waals surface area contributed by atoms with E-state index in [9.17, 15) is 0 Å². The van der Waals surface area contributed by atoms with Gasteiger partial charge in [0, 0.05) is 22.3 Å². The lowest BCUT2D eigenvalue weighted by Crippen LogP contribution is -3.00. The highest BCUT2D eigenvalue weighted by Gasteiger charge is 2.26. The zero-order valence-corrected chi connectivity index (χ0v) is 76.4. The molecule has 0 bridgehead atoms. The van der Waals surface area contributed by atoms with Crippen molar-refractivity contribution in [3.63, 3.8) is 0 Å². The fraction of sp³-hybridized carbons (Fsp3) is 0.816. The van der Waals surface area contributed by atoms with Gasteiger partial charge in [-0.3, -0.25) is 0 Å². The second kappa shape index (κ2) is 73.2. The van der Waals surface area contributed by atoms with Crippen LogP contribution in [0.25, 0.3) is 0 Å². The first-order chi connectivity index (χ1) is 52.0. The van der Waals surface area contributed by atoms with Gasteiger partial charge in [-0.1, -0.05) is 406 Å². The monoisotopic (exact) mass is 1640 g/mol. The van der Waals surface area contributed by atoms with Crippen molar-refractivity contribution in [2.24, 2.45) is 0 Å². The van der Waals surface area contributed by atoms with E-state index >= 15 is 0 Å². The van der Waals surface area contributed by atoms with Crippen LogP contribution in [0.2, 0.25) is 0 Å². The molecule has 0 saturated carbocycles. The molecule has 0 unspecified atom stereocenters. The van der Waals surface area contributed by atoms with Gasteiger partial charge in [0.05, 0.1) is 67.8 Å². The fourth-order valence-corrected chi connectivity index (χ4v) is 15.7. The van der Waals surface area contributed by atoms with Crippen LogP contribution in [0.5, 0.6) is 34.5 Å². The molecular weight excluding hydrogens is 1460 g/mol. The number of quaternary nitrogens is 2. The van der Waals surface area contributed by atoms with Gasteiger partial charge in [0.2, 0.25) is 11.5 Å². The zero-order valence-electron chi connectivity index (χ0n) is 73.2. The fourth-order valence-electron chi connectivity index (χ4n) is 15.7. The number of nitrogens with zero attached hydrogens (tertiary/aromatic N) is 2. The minimum Gasteiger partial charge on any atom is -1.00 e. The largest absolute Gasteiger partial charge is 1.00 e. The van der Waals surface area contributed by atoms with Gasteiger partial charge in [0.15, 0.2) is 23.0 Å². The standard InChI is InChI=1S/C98H178N2O6.2BrH/c1-11-17-23-29-35-41-47-53-59-65-74-101-93-81-91(82-94(102-75-66-60-54-48-42-36-30-24-18-12-2)97(93)105-78-69-63-57-51-45-39-33-27-21-15-5)87-99(7,8)85-89-72-71-73-90(80-89)86-100(9,10)88-92-83-95(103-76-67-61-55-49-43-37-31-25-19-13-3)98(106-79-70-64-58-52-46-40-34-28-22-16-6)96(84-92)104-77-68-62-56-50-44-38-32-26-20-14-4;;/h71-73,80-84H,11-70,74-79,85-88H2,1-10H3;2*1H/q+2;;/p-2. The van der Waals surface area contributed by atoms with Crippen molar-refractivity contribution in [2.75, 3.05) is 67.8 Å². The molecule has 0 N–H and O–H groups in total. The second-order valence-corrected chi connectivity index (χ2v) is 34.3. The summed E-state index contributed by atoms with van der Waals surface area (Å²) in [5.74, 6) is 5.12. The molecule has 0 amide bonds. The molecule has 108 heavy (non-hydrogen) atoms. The Morgan fingerprint density at radius 2 is 0.352 bits per heavy atom. The minimum atomic E-state index is 0. The summed E-state index contributed by atoms with van der Waals surface area (Å²) in [5.41, 5.74) is 5.22. The molecular formula is C98H178Br2N2O6. The molecule has 10 heteroatoms. The Kier molecular flexibility index (Phi) is 70.1. The van der Waals surface area contributed by atoms with E-state index in [4.69, 9.17) is 28.4 Å². The van der Waals surface area contributed by atoms with Crippen molar-refractivity contribution in [1.29, 1.82) is 0 Å². The minimum absolute atomic E-state index is 0. The number of unbranched alkanes of at least 4 members (excludes halogenated alkanes) is 54. The number of benzene rings is 3. The molecule has 0 aliphatic heterocycles. The predicted octanol–water partition coefficient (Wildman–Crippen LogP) is 25.0. The molecule has 630 valence electrons. The quantitative estimate of drug-likeness (QED) is 0.0415. The molecule has 0 aliphatic carbocycles. The maximum Gasteiger partial charge on any atom is 0.203 e. The van der Waals surface area contributed by atoms with Crippen molar-refractivity contribution >= 4 is 0 Å². The van der Waals surface area contributed by atoms with Gasteiger partial charge < -0.3 is 71.4 Å². The summed E-state index contributed by atoms with van der Waals surface area (Å²) in [5, 5.41) is 0. The summed E-state index contributed by atoms with van der Waals surface area (Å²) in [6, 6.07) is 18.7. The Balaban J connectivity index is 0.0000292. The third-order valence-corrected chi connectivity index (χ3v) is 22.1. The number of hydrogen-bond donors (Lipinski definition) is 0. The van der Waals surface area contributed by atoms with Crippen molar-refractivity contribution in [2.45, 2.75) is 453 Å². The van der Waals surface area contributed by atoms with E-state index in [-0.39, 0.29) is 34.0 Å². The smallest absolute Gasteiger partial charge is 0.203 e. The summed E-state index contributed by atoms with van der Waals surface area (Å²) < 4.78 is 43.0. The molecule has 0 atom stereocenters. The molecule has 0 heterocycles. The van der Waals surface area contributed by atoms with E-state index in [1.807, 2.05) is 0 Å². The summed E-state index contributed by atoms with van der Waals surface area (Å²) in [7, 11) is 9.59. The van der Waals surface area contributed by atoms with E-state index < -0.39 is 0 Å². The van der Waals surface area contributed by atoms with Crippen LogP contribution in [0.15, 0.2) is 48.5 Å². The van der Waals surface area contributed by atoms with Crippen molar-refractivity contribution in [3.05, 3.63) is 70.8 Å². The topological polar surface area (TPSA) is 55.4 Å². The summed E-state index contributed by atoms with van der Waals surface area (Å²) in [6.07, 6.45) is 78.5. The lowest BCUT2D eigenvalue weighted by atomic mass is 10.1. The molecule has 0 fully saturated rings. The molecule has 0 aromatic heterocycles. The van der Waals surface area contributed by atoms with Gasteiger partial charge in [0.25, 0.3) is 0 Å². The van der Waals surface area contributed by atoms with Crippen LogP contribution >= 0.6 is 0 Å². The van der Waals surface area contributed by atoms with Crippen LogP contribution in [-0.2, 0) is 26.2 Å². The number of rotatable bonds is 80. The van der Waals surface area contributed by atoms with Crippen LogP contribution in [0, 0.1) is 0 Å². The summed E-state index contributed by atoms with van der Waals surface area (Å²) >= 11 is 0. The molecule has 0 saturated heterocycles. The van der Waals surface area contributed by atoms with Crippen molar-refractivity contribution in [3.8, 4) is 34.5 Å². The highest BCUT2D eigenvalue weighted by atomic mass is 79.9. The van der Waals surface area contributed by atoms with Crippen LogP contribution < -0.4 is 62.4 Å². The van der Waals surface area contributed by atoms with Gasteiger partial charge in [-0.15, -0.1) is 0 Å². The number of hydrogen-bond acceptors (Lipinski definition) is 6. The first-order valence-electron chi connectivity index (χ1n) is 46.8. The second-order valence-electron chi connectivity index (χ2n) is 34.3. The highest BCUT2D eigenvalue weighted by molar-refractivity contribution is 5.55. The third-order valence-electron chi connectivity index (χ3n) is 22.1. The van der Waals surface area contributed by atoms with E-state index in [2.05, 4.69) is 118 Å². The predicted molar refractivity (Wildman–Crippen MR) is 462 cm³/mol.